The van der Waals surface area contributed by atoms with Crippen molar-refractivity contribution < 1.29 is 33.3 Å². The van der Waals surface area contributed by atoms with Crippen LogP contribution in [0.1, 0.15) is 31.2 Å². The molecular formula is C25H30N2O7. The van der Waals surface area contributed by atoms with Gasteiger partial charge in [-0.2, -0.15) is 0 Å². The first-order valence-electron chi connectivity index (χ1n) is 11.0. The number of amides is 3. The van der Waals surface area contributed by atoms with Crippen LogP contribution < -0.4 is 23.8 Å². The smallest absolute Gasteiger partial charge is 0.229 e. The molecule has 1 aliphatic rings. The van der Waals surface area contributed by atoms with E-state index in [0.29, 0.717) is 47.9 Å². The molecule has 1 heterocycles. The van der Waals surface area contributed by atoms with Crippen molar-refractivity contribution in [1.82, 2.24) is 4.90 Å². The number of hydrogen-bond acceptors (Lipinski definition) is 7. The van der Waals surface area contributed by atoms with E-state index in [1.807, 2.05) is 24.3 Å². The number of piperidine rings is 1. The van der Waals surface area contributed by atoms with E-state index in [1.54, 1.807) is 24.1 Å². The Balaban J connectivity index is 1.92. The molecule has 1 fully saturated rings. The van der Waals surface area contributed by atoms with Gasteiger partial charge in [0.2, 0.25) is 23.5 Å². The zero-order valence-electron chi connectivity index (χ0n) is 20.0. The van der Waals surface area contributed by atoms with Gasteiger partial charge in [-0.15, -0.1) is 0 Å². The SMILES string of the molecule is COc1ccc(CN(C(=O)CCN2C(=O)CCCC2=O)c2cc(OC)c(OC)c(OC)c2)cc1. The Morgan fingerprint density at radius 1 is 0.882 bits per heavy atom. The first-order chi connectivity index (χ1) is 16.4. The summed E-state index contributed by atoms with van der Waals surface area (Å²) >= 11 is 0. The first kappa shape index (κ1) is 24.9. The van der Waals surface area contributed by atoms with Gasteiger partial charge in [0.1, 0.15) is 5.75 Å². The van der Waals surface area contributed by atoms with Gasteiger partial charge in [-0.3, -0.25) is 19.3 Å². The summed E-state index contributed by atoms with van der Waals surface area (Å²) in [5.74, 6) is 1.21. The van der Waals surface area contributed by atoms with E-state index in [1.165, 1.54) is 26.2 Å². The third-order valence-electron chi connectivity index (χ3n) is 5.69. The summed E-state index contributed by atoms with van der Waals surface area (Å²) in [6.45, 7) is 0.295. The van der Waals surface area contributed by atoms with Crippen molar-refractivity contribution in [3.05, 3.63) is 42.0 Å². The lowest BCUT2D eigenvalue weighted by atomic mass is 10.1. The van der Waals surface area contributed by atoms with Gasteiger partial charge in [-0.05, 0) is 24.1 Å². The zero-order chi connectivity index (χ0) is 24.7. The zero-order valence-corrected chi connectivity index (χ0v) is 20.0. The fraction of sp³-hybridized carbons (Fsp3) is 0.400. The number of carbonyl (C=O) groups excluding carboxylic acids is 3. The van der Waals surface area contributed by atoms with Crippen LogP contribution in [0, 0.1) is 0 Å². The quantitative estimate of drug-likeness (QED) is 0.492. The highest BCUT2D eigenvalue weighted by atomic mass is 16.5. The molecule has 0 aliphatic carbocycles. The predicted octanol–water partition coefficient (Wildman–Crippen LogP) is 3.18. The third kappa shape index (κ3) is 5.59. The van der Waals surface area contributed by atoms with Gasteiger partial charge in [0.15, 0.2) is 11.5 Å². The van der Waals surface area contributed by atoms with Gasteiger partial charge < -0.3 is 23.8 Å². The Morgan fingerprint density at radius 2 is 1.47 bits per heavy atom. The van der Waals surface area contributed by atoms with Crippen molar-refractivity contribution in [3.63, 3.8) is 0 Å². The van der Waals surface area contributed by atoms with E-state index >= 15 is 0 Å². The van der Waals surface area contributed by atoms with E-state index in [9.17, 15) is 14.4 Å². The molecule has 1 saturated heterocycles. The molecular weight excluding hydrogens is 440 g/mol. The molecule has 0 bridgehead atoms. The molecule has 0 unspecified atom stereocenters. The minimum Gasteiger partial charge on any atom is -0.497 e. The molecule has 34 heavy (non-hydrogen) atoms. The molecule has 0 saturated carbocycles. The molecule has 182 valence electrons. The maximum Gasteiger partial charge on any atom is 0.229 e. The van der Waals surface area contributed by atoms with Crippen molar-refractivity contribution in [2.45, 2.75) is 32.2 Å². The van der Waals surface area contributed by atoms with Crippen molar-refractivity contribution in [2.75, 3.05) is 39.9 Å². The van der Waals surface area contributed by atoms with E-state index in [0.717, 1.165) is 5.56 Å². The number of ether oxygens (including phenoxy) is 4. The Hall–Kier alpha value is -3.75. The van der Waals surface area contributed by atoms with E-state index in [2.05, 4.69) is 0 Å². The number of benzene rings is 2. The second-order valence-corrected chi connectivity index (χ2v) is 7.75. The summed E-state index contributed by atoms with van der Waals surface area (Å²) in [7, 11) is 6.10. The molecule has 1 aliphatic heterocycles. The Labute approximate surface area is 199 Å². The van der Waals surface area contributed by atoms with Crippen LogP contribution in [0.2, 0.25) is 0 Å². The van der Waals surface area contributed by atoms with Gasteiger partial charge >= 0.3 is 0 Å². The monoisotopic (exact) mass is 470 g/mol. The van der Waals surface area contributed by atoms with Crippen molar-refractivity contribution in [2.24, 2.45) is 0 Å². The predicted molar refractivity (Wildman–Crippen MR) is 125 cm³/mol. The number of likely N-dealkylation sites (tertiary alicyclic amines) is 1. The van der Waals surface area contributed by atoms with Crippen LogP contribution in [0.5, 0.6) is 23.0 Å². The fourth-order valence-corrected chi connectivity index (χ4v) is 3.85. The summed E-state index contributed by atoms with van der Waals surface area (Å²) in [4.78, 5) is 40.5. The largest absolute Gasteiger partial charge is 0.497 e. The lowest BCUT2D eigenvalue weighted by molar-refractivity contribution is -0.148. The second kappa shape index (κ2) is 11.4. The summed E-state index contributed by atoms with van der Waals surface area (Å²) in [6.07, 6.45) is 1.19. The Morgan fingerprint density at radius 3 is 1.97 bits per heavy atom. The number of methoxy groups -OCH3 is 4. The molecule has 0 atom stereocenters. The molecule has 9 nitrogen and oxygen atoms in total. The topological polar surface area (TPSA) is 94.6 Å². The molecule has 0 spiro atoms. The van der Waals surface area contributed by atoms with Crippen LogP contribution in [0.25, 0.3) is 0 Å². The Kier molecular flexibility index (Phi) is 8.34. The van der Waals surface area contributed by atoms with Crippen molar-refractivity contribution in [1.29, 1.82) is 0 Å². The highest BCUT2D eigenvalue weighted by Crippen LogP contribution is 2.41. The molecule has 9 heteroatoms. The summed E-state index contributed by atoms with van der Waals surface area (Å²) in [5, 5.41) is 0. The fourth-order valence-electron chi connectivity index (χ4n) is 3.85. The van der Waals surface area contributed by atoms with Gasteiger partial charge in [0.05, 0.1) is 40.7 Å². The highest BCUT2D eigenvalue weighted by molar-refractivity contribution is 5.99. The highest BCUT2D eigenvalue weighted by Gasteiger charge is 2.28. The lowest BCUT2D eigenvalue weighted by Gasteiger charge is -2.28. The normalized spacial score (nSPS) is 13.5. The van der Waals surface area contributed by atoms with Gasteiger partial charge in [-0.1, -0.05) is 12.1 Å². The molecule has 3 rings (SSSR count). The average molecular weight is 471 g/mol. The Bertz CT molecular complexity index is 995. The van der Waals surface area contributed by atoms with Crippen molar-refractivity contribution in [3.8, 4) is 23.0 Å². The van der Waals surface area contributed by atoms with Crippen LogP contribution >= 0.6 is 0 Å². The number of imide groups is 1. The van der Waals surface area contributed by atoms with E-state index < -0.39 is 0 Å². The molecule has 0 N–H and O–H groups in total. The van der Waals surface area contributed by atoms with Crippen LogP contribution in [-0.4, -0.2) is 57.6 Å². The van der Waals surface area contributed by atoms with Crippen LogP contribution in [0.4, 0.5) is 5.69 Å². The average Bonchev–Trinajstić information content (AvgIpc) is 2.86. The maximum absolute atomic E-state index is 13.4. The molecule has 2 aromatic rings. The number of nitrogens with zero attached hydrogens (tertiary/aromatic N) is 2. The van der Waals surface area contributed by atoms with Gasteiger partial charge in [0, 0.05) is 37.9 Å². The van der Waals surface area contributed by atoms with Crippen LogP contribution in [-0.2, 0) is 20.9 Å². The summed E-state index contributed by atoms with van der Waals surface area (Å²) in [5.41, 5.74) is 1.40. The van der Waals surface area contributed by atoms with E-state index in [-0.39, 0.29) is 37.2 Å². The second-order valence-electron chi connectivity index (χ2n) is 7.75. The van der Waals surface area contributed by atoms with Crippen LogP contribution in [0.3, 0.4) is 0 Å². The van der Waals surface area contributed by atoms with Gasteiger partial charge in [-0.25, -0.2) is 0 Å². The van der Waals surface area contributed by atoms with Crippen LogP contribution in [0.15, 0.2) is 36.4 Å². The minimum absolute atomic E-state index is 0.00963. The minimum atomic E-state index is -0.253. The molecule has 2 aromatic carbocycles. The maximum atomic E-state index is 13.4. The standard InChI is InChI=1S/C25H30N2O7/c1-31-19-10-8-17(9-11-19)16-27(18-14-20(32-2)25(34-4)21(15-18)33-3)24(30)12-13-26-22(28)6-5-7-23(26)29/h8-11,14-15H,5-7,12-13,16H2,1-4H3. The van der Waals surface area contributed by atoms with Gasteiger partial charge in [0.25, 0.3) is 0 Å². The lowest BCUT2D eigenvalue weighted by Crippen LogP contribution is -2.42. The summed E-state index contributed by atoms with van der Waals surface area (Å²) < 4.78 is 21.5. The molecule has 0 radical (unpaired) electrons. The third-order valence-corrected chi connectivity index (χ3v) is 5.69. The number of carbonyl (C=O) groups is 3. The first-order valence-corrected chi connectivity index (χ1v) is 11.0. The van der Waals surface area contributed by atoms with Crippen molar-refractivity contribution >= 4 is 23.4 Å². The summed E-state index contributed by atoms with van der Waals surface area (Å²) in [6, 6.07) is 10.8. The molecule has 3 amide bonds. The van der Waals surface area contributed by atoms with E-state index in [4.69, 9.17) is 18.9 Å². The number of rotatable bonds is 10. The molecule has 0 aromatic heterocycles. The number of anilines is 1. The number of hydrogen-bond donors (Lipinski definition) is 0.